The lowest BCUT2D eigenvalue weighted by Crippen LogP contribution is -2.29. The van der Waals surface area contributed by atoms with Gasteiger partial charge in [0.25, 0.3) is 5.91 Å². The molecule has 1 amide bonds. The van der Waals surface area contributed by atoms with E-state index in [1.165, 1.54) is 24.9 Å². The minimum atomic E-state index is -0.0493. The maximum Gasteiger partial charge on any atom is 0.251 e. The first kappa shape index (κ1) is 19.2. The molecule has 1 saturated heterocycles. The highest BCUT2D eigenvalue weighted by molar-refractivity contribution is 5.94. The lowest BCUT2D eigenvalue weighted by Gasteiger charge is -2.29. The molecular weight excluding hydrogens is 360 g/mol. The van der Waals surface area contributed by atoms with Crippen LogP contribution < -0.4 is 10.2 Å². The summed E-state index contributed by atoms with van der Waals surface area (Å²) in [7, 11) is 0. The first-order valence-electron chi connectivity index (χ1n) is 10.4. The first-order chi connectivity index (χ1) is 14.2. The molecule has 0 radical (unpaired) electrons. The van der Waals surface area contributed by atoms with Crippen LogP contribution >= 0.6 is 0 Å². The summed E-state index contributed by atoms with van der Waals surface area (Å²) < 4.78 is 2.00. The second-order valence-electron chi connectivity index (χ2n) is 7.77. The highest BCUT2D eigenvalue weighted by Crippen LogP contribution is 2.22. The molecule has 0 bridgehead atoms. The average Bonchev–Trinajstić information content (AvgIpc) is 3.28. The van der Waals surface area contributed by atoms with Gasteiger partial charge in [0.05, 0.1) is 12.4 Å². The van der Waals surface area contributed by atoms with E-state index < -0.39 is 0 Å². The second-order valence-corrected chi connectivity index (χ2v) is 7.77. The zero-order valence-corrected chi connectivity index (χ0v) is 16.9. The molecular formula is C24H28N4O. The summed E-state index contributed by atoms with van der Waals surface area (Å²) >= 11 is 0. The van der Waals surface area contributed by atoms with E-state index in [1.807, 2.05) is 42.0 Å². The number of piperidine rings is 1. The molecule has 29 heavy (non-hydrogen) atoms. The van der Waals surface area contributed by atoms with Gasteiger partial charge in [0, 0.05) is 43.3 Å². The zero-order chi connectivity index (χ0) is 20.1. The Kier molecular flexibility index (Phi) is 5.94. The van der Waals surface area contributed by atoms with Crippen LogP contribution in [0.25, 0.3) is 0 Å². The van der Waals surface area contributed by atoms with Crippen LogP contribution in [0.3, 0.4) is 0 Å². The third-order valence-electron chi connectivity index (χ3n) is 5.60. The van der Waals surface area contributed by atoms with Gasteiger partial charge in [-0.2, -0.15) is 0 Å². The Bertz CT molecular complexity index is 911. The van der Waals surface area contributed by atoms with E-state index in [1.54, 1.807) is 12.5 Å². The predicted octanol–water partition coefficient (Wildman–Crippen LogP) is 4.41. The van der Waals surface area contributed by atoms with Crippen molar-refractivity contribution in [1.82, 2.24) is 14.9 Å². The molecule has 0 saturated carbocycles. The Morgan fingerprint density at radius 2 is 1.76 bits per heavy atom. The standard InChI is InChI=1S/C24H28N4O/c1-19(21-9-11-23(12-10-21)28-14-3-2-4-15-28)26-24(29)22-7-5-20(6-8-22)17-27-16-13-25-18-27/h5-13,16,18-19H,2-4,14-15,17H2,1H3,(H,26,29)/t19-/m1/s1. The Hall–Kier alpha value is -3.08. The van der Waals surface area contributed by atoms with E-state index in [0.29, 0.717) is 5.56 Å². The Morgan fingerprint density at radius 3 is 2.41 bits per heavy atom. The van der Waals surface area contributed by atoms with Crippen molar-refractivity contribution in [1.29, 1.82) is 0 Å². The van der Waals surface area contributed by atoms with Crippen LogP contribution in [-0.2, 0) is 6.54 Å². The minimum Gasteiger partial charge on any atom is -0.372 e. The number of rotatable bonds is 6. The number of anilines is 1. The molecule has 1 aliphatic heterocycles. The number of aromatic nitrogens is 2. The maximum absolute atomic E-state index is 12.6. The molecule has 1 fully saturated rings. The highest BCUT2D eigenvalue weighted by atomic mass is 16.1. The topological polar surface area (TPSA) is 50.2 Å². The summed E-state index contributed by atoms with van der Waals surface area (Å²) in [6, 6.07) is 16.3. The van der Waals surface area contributed by atoms with E-state index in [4.69, 9.17) is 0 Å². The Labute approximate surface area is 172 Å². The van der Waals surface area contributed by atoms with E-state index >= 15 is 0 Å². The normalized spacial score (nSPS) is 15.1. The zero-order valence-electron chi connectivity index (χ0n) is 16.9. The molecule has 0 aliphatic carbocycles. The Morgan fingerprint density at radius 1 is 1.03 bits per heavy atom. The first-order valence-corrected chi connectivity index (χ1v) is 10.4. The number of nitrogens with one attached hydrogen (secondary N) is 1. The molecule has 5 heteroatoms. The van der Waals surface area contributed by atoms with Crippen molar-refractivity contribution in [2.75, 3.05) is 18.0 Å². The number of carbonyl (C=O) groups excluding carboxylic acids is 1. The molecule has 5 nitrogen and oxygen atoms in total. The van der Waals surface area contributed by atoms with Gasteiger partial charge in [-0.15, -0.1) is 0 Å². The molecule has 2 heterocycles. The van der Waals surface area contributed by atoms with Gasteiger partial charge in [0.15, 0.2) is 0 Å². The lowest BCUT2D eigenvalue weighted by molar-refractivity contribution is 0.0940. The lowest BCUT2D eigenvalue weighted by atomic mass is 10.1. The van der Waals surface area contributed by atoms with Crippen molar-refractivity contribution >= 4 is 11.6 Å². The van der Waals surface area contributed by atoms with Crippen molar-refractivity contribution in [3.05, 3.63) is 83.9 Å². The van der Waals surface area contributed by atoms with Gasteiger partial charge in [-0.1, -0.05) is 24.3 Å². The molecule has 0 unspecified atom stereocenters. The van der Waals surface area contributed by atoms with Gasteiger partial charge in [0.1, 0.15) is 0 Å². The predicted molar refractivity (Wildman–Crippen MR) is 116 cm³/mol. The largest absolute Gasteiger partial charge is 0.372 e. The molecule has 4 rings (SSSR count). The molecule has 1 N–H and O–H groups in total. The summed E-state index contributed by atoms with van der Waals surface area (Å²) in [6.45, 7) is 5.06. The summed E-state index contributed by atoms with van der Waals surface area (Å²) in [4.78, 5) is 19.1. The number of hydrogen-bond donors (Lipinski definition) is 1. The van der Waals surface area contributed by atoms with Crippen LogP contribution in [0.15, 0.2) is 67.3 Å². The van der Waals surface area contributed by atoms with Gasteiger partial charge >= 0.3 is 0 Å². The fourth-order valence-electron chi connectivity index (χ4n) is 3.84. The highest BCUT2D eigenvalue weighted by Gasteiger charge is 2.14. The van der Waals surface area contributed by atoms with E-state index in [9.17, 15) is 4.79 Å². The number of benzene rings is 2. The van der Waals surface area contributed by atoms with Gasteiger partial charge < -0.3 is 14.8 Å². The van der Waals surface area contributed by atoms with Crippen molar-refractivity contribution in [2.24, 2.45) is 0 Å². The van der Waals surface area contributed by atoms with E-state index in [0.717, 1.165) is 30.8 Å². The van der Waals surface area contributed by atoms with Crippen LogP contribution in [0.1, 0.15) is 53.7 Å². The summed E-state index contributed by atoms with van der Waals surface area (Å²) in [5.41, 5.74) is 4.22. The van der Waals surface area contributed by atoms with Crippen molar-refractivity contribution in [3.8, 4) is 0 Å². The average molecular weight is 389 g/mol. The minimum absolute atomic E-state index is 0.0384. The fourth-order valence-corrected chi connectivity index (χ4v) is 3.84. The Balaban J connectivity index is 1.35. The smallest absolute Gasteiger partial charge is 0.251 e. The van der Waals surface area contributed by atoms with Crippen LogP contribution in [0.2, 0.25) is 0 Å². The summed E-state index contributed by atoms with van der Waals surface area (Å²) in [6.07, 6.45) is 9.37. The third kappa shape index (κ3) is 4.86. The SMILES string of the molecule is C[C@@H](NC(=O)c1ccc(Cn2ccnc2)cc1)c1ccc(N2CCCCC2)cc1. The molecule has 1 aromatic heterocycles. The number of amides is 1. The quantitative estimate of drug-likeness (QED) is 0.680. The third-order valence-corrected chi connectivity index (χ3v) is 5.60. The van der Waals surface area contributed by atoms with Gasteiger partial charge in [-0.3, -0.25) is 4.79 Å². The van der Waals surface area contributed by atoms with Crippen molar-refractivity contribution < 1.29 is 4.79 Å². The number of imidazole rings is 1. The monoisotopic (exact) mass is 388 g/mol. The van der Waals surface area contributed by atoms with Crippen molar-refractivity contribution in [2.45, 2.75) is 38.8 Å². The van der Waals surface area contributed by atoms with Crippen LogP contribution in [0, 0.1) is 0 Å². The van der Waals surface area contributed by atoms with E-state index in [2.05, 4.69) is 39.5 Å². The summed E-state index contributed by atoms with van der Waals surface area (Å²) in [5.74, 6) is -0.0493. The van der Waals surface area contributed by atoms with Crippen LogP contribution in [0.5, 0.6) is 0 Å². The summed E-state index contributed by atoms with van der Waals surface area (Å²) in [5, 5.41) is 3.11. The molecule has 2 aromatic carbocycles. The molecule has 150 valence electrons. The maximum atomic E-state index is 12.6. The van der Waals surface area contributed by atoms with Gasteiger partial charge in [0.2, 0.25) is 0 Å². The number of hydrogen-bond acceptors (Lipinski definition) is 3. The second kappa shape index (κ2) is 8.95. The van der Waals surface area contributed by atoms with Crippen molar-refractivity contribution in [3.63, 3.8) is 0 Å². The molecule has 1 atom stereocenters. The van der Waals surface area contributed by atoms with Gasteiger partial charge in [-0.05, 0) is 61.6 Å². The molecule has 3 aromatic rings. The number of carbonyl (C=O) groups is 1. The van der Waals surface area contributed by atoms with Gasteiger partial charge in [-0.25, -0.2) is 4.98 Å². The fraction of sp³-hybridized carbons (Fsp3) is 0.333. The van der Waals surface area contributed by atoms with E-state index in [-0.39, 0.29) is 11.9 Å². The molecule has 1 aliphatic rings. The van der Waals surface area contributed by atoms with Crippen LogP contribution in [0.4, 0.5) is 5.69 Å². The molecule has 0 spiro atoms. The number of nitrogens with zero attached hydrogens (tertiary/aromatic N) is 3. The van der Waals surface area contributed by atoms with Crippen LogP contribution in [-0.4, -0.2) is 28.5 Å².